The summed E-state index contributed by atoms with van der Waals surface area (Å²) < 4.78 is 4.77. The number of esters is 1. The highest BCUT2D eigenvalue weighted by Crippen LogP contribution is 2.13. The standard InChI is InChI=1S/C18H36O3/c1-3-4-5-6-7-8-9-10-11-12-13-14-15-18(20)16-21-17(2)19/h18,20H,3-16H2,1-2H3/t18-/m0/s1. The second-order valence-corrected chi connectivity index (χ2v) is 6.13. The molecule has 0 rings (SSSR count). The summed E-state index contributed by atoms with van der Waals surface area (Å²) in [7, 11) is 0. The molecule has 0 spiro atoms. The van der Waals surface area contributed by atoms with Crippen LogP contribution in [0.15, 0.2) is 0 Å². The van der Waals surface area contributed by atoms with Gasteiger partial charge in [-0.05, 0) is 6.42 Å². The van der Waals surface area contributed by atoms with Crippen LogP contribution in [0.3, 0.4) is 0 Å². The van der Waals surface area contributed by atoms with Crippen molar-refractivity contribution in [1.82, 2.24) is 0 Å². The van der Waals surface area contributed by atoms with Gasteiger partial charge in [0.05, 0.1) is 6.10 Å². The van der Waals surface area contributed by atoms with Crippen molar-refractivity contribution in [3.8, 4) is 0 Å². The summed E-state index contributed by atoms with van der Waals surface area (Å²) >= 11 is 0. The van der Waals surface area contributed by atoms with Gasteiger partial charge in [0.2, 0.25) is 0 Å². The lowest BCUT2D eigenvalue weighted by Gasteiger charge is -2.09. The Morgan fingerprint density at radius 2 is 1.29 bits per heavy atom. The molecular formula is C18H36O3. The Morgan fingerprint density at radius 1 is 0.857 bits per heavy atom. The minimum Gasteiger partial charge on any atom is -0.463 e. The lowest BCUT2D eigenvalue weighted by Crippen LogP contribution is -2.17. The van der Waals surface area contributed by atoms with E-state index in [9.17, 15) is 9.90 Å². The highest BCUT2D eigenvalue weighted by Gasteiger charge is 2.05. The Hall–Kier alpha value is -0.570. The van der Waals surface area contributed by atoms with Crippen LogP contribution >= 0.6 is 0 Å². The molecule has 0 aromatic carbocycles. The smallest absolute Gasteiger partial charge is 0.302 e. The van der Waals surface area contributed by atoms with Crippen LogP contribution in [-0.4, -0.2) is 23.8 Å². The molecule has 1 atom stereocenters. The maximum Gasteiger partial charge on any atom is 0.302 e. The van der Waals surface area contributed by atoms with E-state index >= 15 is 0 Å². The van der Waals surface area contributed by atoms with Gasteiger partial charge in [-0.1, -0.05) is 84.0 Å². The first-order valence-corrected chi connectivity index (χ1v) is 8.98. The molecule has 0 saturated heterocycles. The third-order valence-corrected chi connectivity index (χ3v) is 3.87. The fourth-order valence-electron chi connectivity index (χ4n) is 2.52. The molecule has 0 saturated carbocycles. The molecule has 0 aromatic heterocycles. The molecule has 126 valence electrons. The number of rotatable bonds is 15. The van der Waals surface area contributed by atoms with Crippen LogP contribution in [0.4, 0.5) is 0 Å². The molecule has 0 heterocycles. The van der Waals surface area contributed by atoms with E-state index in [0.717, 1.165) is 12.8 Å². The predicted molar refractivity (Wildman–Crippen MR) is 88.3 cm³/mol. The molecule has 0 fully saturated rings. The maximum absolute atomic E-state index is 10.6. The van der Waals surface area contributed by atoms with E-state index in [1.165, 1.54) is 77.6 Å². The van der Waals surface area contributed by atoms with Crippen molar-refractivity contribution in [3.05, 3.63) is 0 Å². The summed E-state index contributed by atoms with van der Waals surface area (Å²) in [5, 5.41) is 9.58. The molecule has 0 bridgehead atoms. The summed E-state index contributed by atoms with van der Waals surface area (Å²) in [4.78, 5) is 10.6. The zero-order valence-corrected chi connectivity index (χ0v) is 14.2. The molecule has 0 aliphatic heterocycles. The zero-order valence-electron chi connectivity index (χ0n) is 14.2. The fourth-order valence-corrected chi connectivity index (χ4v) is 2.52. The van der Waals surface area contributed by atoms with Gasteiger partial charge in [-0.15, -0.1) is 0 Å². The Balaban J connectivity index is 3.10. The molecular weight excluding hydrogens is 264 g/mol. The van der Waals surface area contributed by atoms with E-state index in [0.29, 0.717) is 0 Å². The van der Waals surface area contributed by atoms with Gasteiger partial charge in [0.15, 0.2) is 0 Å². The number of carbonyl (C=O) groups is 1. The number of hydrogen-bond donors (Lipinski definition) is 1. The van der Waals surface area contributed by atoms with E-state index in [1.807, 2.05) is 0 Å². The highest BCUT2D eigenvalue weighted by atomic mass is 16.5. The van der Waals surface area contributed by atoms with Gasteiger partial charge in [-0.2, -0.15) is 0 Å². The Kier molecular flexibility index (Phi) is 15.4. The first-order chi connectivity index (χ1) is 10.2. The number of unbranched alkanes of at least 4 members (excludes halogenated alkanes) is 11. The maximum atomic E-state index is 10.6. The summed E-state index contributed by atoms with van der Waals surface area (Å²) in [5.74, 6) is -0.316. The molecule has 1 N–H and O–H groups in total. The molecule has 21 heavy (non-hydrogen) atoms. The van der Waals surface area contributed by atoms with Gasteiger partial charge in [0.25, 0.3) is 0 Å². The number of ether oxygens (including phenoxy) is 1. The third-order valence-electron chi connectivity index (χ3n) is 3.87. The van der Waals surface area contributed by atoms with Crippen LogP contribution in [0.1, 0.15) is 97.3 Å². The van der Waals surface area contributed by atoms with Crippen LogP contribution < -0.4 is 0 Å². The molecule has 0 radical (unpaired) electrons. The molecule has 3 nitrogen and oxygen atoms in total. The molecule has 0 amide bonds. The Labute approximate surface area is 131 Å². The molecule has 0 aliphatic rings. The molecule has 0 aromatic rings. The minimum absolute atomic E-state index is 0.146. The van der Waals surface area contributed by atoms with Crippen LogP contribution in [0, 0.1) is 0 Å². The van der Waals surface area contributed by atoms with E-state index in [1.54, 1.807) is 0 Å². The molecule has 3 heteroatoms. The topological polar surface area (TPSA) is 46.5 Å². The second kappa shape index (κ2) is 15.8. The molecule has 0 aliphatic carbocycles. The van der Waals surface area contributed by atoms with Crippen molar-refractivity contribution in [1.29, 1.82) is 0 Å². The normalized spacial score (nSPS) is 12.3. The number of aliphatic hydroxyl groups is 1. The number of carbonyl (C=O) groups excluding carboxylic acids is 1. The monoisotopic (exact) mass is 300 g/mol. The highest BCUT2D eigenvalue weighted by molar-refractivity contribution is 5.65. The van der Waals surface area contributed by atoms with Crippen molar-refractivity contribution in [2.45, 2.75) is 103 Å². The summed E-state index contributed by atoms with van der Waals surface area (Å²) in [5.41, 5.74) is 0. The van der Waals surface area contributed by atoms with Crippen LogP contribution in [0.5, 0.6) is 0 Å². The van der Waals surface area contributed by atoms with Gasteiger partial charge >= 0.3 is 5.97 Å². The number of hydrogen-bond acceptors (Lipinski definition) is 3. The minimum atomic E-state index is -0.489. The van der Waals surface area contributed by atoms with Crippen molar-refractivity contribution in [2.24, 2.45) is 0 Å². The predicted octanol–water partition coefficient (Wildman–Crippen LogP) is 5.00. The first-order valence-electron chi connectivity index (χ1n) is 8.98. The van der Waals surface area contributed by atoms with E-state index in [2.05, 4.69) is 6.92 Å². The SMILES string of the molecule is CCCCCCCCCCCCCC[C@H](O)COC(C)=O. The van der Waals surface area contributed by atoms with Crippen molar-refractivity contribution in [2.75, 3.05) is 6.61 Å². The average Bonchev–Trinajstić information content (AvgIpc) is 2.46. The summed E-state index contributed by atoms with van der Waals surface area (Å²) in [6, 6.07) is 0. The lowest BCUT2D eigenvalue weighted by atomic mass is 10.0. The average molecular weight is 300 g/mol. The first kappa shape index (κ1) is 20.4. The van der Waals surface area contributed by atoms with Gasteiger partial charge in [0.1, 0.15) is 6.61 Å². The van der Waals surface area contributed by atoms with Gasteiger partial charge in [-0.3, -0.25) is 4.79 Å². The Bertz CT molecular complexity index is 229. The zero-order chi connectivity index (χ0) is 15.8. The third kappa shape index (κ3) is 17.4. The van der Waals surface area contributed by atoms with Crippen molar-refractivity contribution in [3.63, 3.8) is 0 Å². The van der Waals surface area contributed by atoms with E-state index in [-0.39, 0.29) is 12.6 Å². The Morgan fingerprint density at radius 3 is 1.71 bits per heavy atom. The van der Waals surface area contributed by atoms with Crippen molar-refractivity contribution < 1.29 is 14.6 Å². The largest absolute Gasteiger partial charge is 0.463 e. The van der Waals surface area contributed by atoms with Gasteiger partial charge in [-0.25, -0.2) is 0 Å². The summed E-state index contributed by atoms with van der Waals surface area (Å²) in [6.07, 6.45) is 16.1. The van der Waals surface area contributed by atoms with Crippen LogP contribution in [0.25, 0.3) is 0 Å². The quantitative estimate of drug-likeness (QED) is 0.342. The second-order valence-electron chi connectivity index (χ2n) is 6.13. The van der Waals surface area contributed by atoms with Crippen LogP contribution in [0.2, 0.25) is 0 Å². The van der Waals surface area contributed by atoms with Gasteiger partial charge in [0, 0.05) is 6.92 Å². The van der Waals surface area contributed by atoms with Crippen LogP contribution in [-0.2, 0) is 9.53 Å². The van der Waals surface area contributed by atoms with E-state index < -0.39 is 6.10 Å². The van der Waals surface area contributed by atoms with Gasteiger partial charge < -0.3 is 9.84 Å². The fraction of sp³-hybridized carbons (Fsp3) is 0.944. The van der Waals surface area contributed by atoms with Crippen molar-refractivity contribution >= 4 is 5.97 Å². The number of aliphatic hydroxyl groups excluding tert-OH is 1. The lowest BCUT2D eigenvalue weighted by molar-refractivity contribution is -0.144. The van der Waals surface area contributed by atoms with E-state index in [4.69, 9.17) is 4.74 Å². The summed E-state index contributed by atoms with van der Waals surface area (Å²) in [6.45, 7) is 3.78. The molecule has 0 unspecified atom stereocenters.